The van der Waals surface area contributed by atoms with E-state index in [0.717, 1.165) is 74.3 Å². The van der Waals surface area contributed by atoms with Gasteiger partial charge in [-0.1, -0.05) is 11.6 Å². The molecular formula is C22H26ClN7O2S. The van der Waals surface area contributed by atoms with Gasteiger partial charge in [-0.25, -0.2) is 15.0 Å². The molecule has 11 heteroatoms. The van der Waals surface area contributed by atoms with Crippen LogP contribution in [-0.4, -0.2) is 72.8 Å². The largest absolute Gasteiger partial charge is 0.394 e. The van der Waals surface area contributed by atoms with Crippen molar-refractivity contribution in [2.45, 2.75) is 47.3 Å². The van der Waals surface area contributed by atoms with Crippen molar-refractivity contribution < 1.29 is 9.32 Å². The standard InChI is InChI=1S/C22H26ClN7O2S/c23-14-5-24-20(25-6-14)29-7-12-9-30(10-13(12)8-29)21-26-17-15-4-16(15)33(32)18(17)19(27-21)28-22(11-31)2-1-3-22/h5-6,12-13,15-16,31H,1-4,7-11H2,(H,26,27,28). The van der Waals surface area contributed by atoms with Crippen LogP contribution in [-0.2, 0) is 10.8 Å². The Morgan fingerprint density at radius 2 is 1.76 bits per heavy atom. The zero-order chi connectivity index (χ0) is 22.3. The van der Waals surface area contributed by atoms with Gasteiger partial charge < -0.3 is 20.2 Å². The van der Waals surface area contributed by atoms with Crippen LogP contribution in [0.5, 0.6) is 0 Å². The number of aliphatic hydroxyl groups is 1. The average molecular weight is 488 g/mol. The van der Waals surface area contributed by atoms with Gasteiger partial charge in [0.2, 0.25) is 11.9 Å². The van der Waals surface area contributed by atoms with Crippen LogP contribution >= 0.6 is 11.6 Å². The number of rotatable bonds is 5. The van der Waals surface area contributed by atoms with Crippen molar-refractivity contribution in [1.29, 1.82) is 0 Å². The predicted molar refractivity (Wildman–Crippen MR) is 125 cm³/mol. The molecule has 5 atom stereocenters. The average Bonchev–Trinajstić information content (AvgIpc) is 3.22. The maximum Gasteiger partial charge on any atom is 0.227 e. The summed E-state index contributed by atoms with van der Waals surface area (Å²) in [7, 11) is -1.05. The molecule has 0 radical (unpaired) electrons. The highest BCUT2D eigenvalue weighted by molar-refractivity contribution is 7.86. The molecule has 2 saturated carbocycles. The highest BCUT2D eigenvalue weighted by atomic mass is 35.5. The van der Waals surface area contributed by atoms with Crippen LogP contribution < -0.4 is 15.1 Å². The third-order valence-electron chi connectivity index (χ3n) is 8.09. The molecule has 2 aromatic heterocycles. The van der Waals surface area contributed by atoms with E-state index in [-0.39, 0.29) is 17.4 Å². The molecule has 33 heavy (non-hydrogen) atoms. The van der Waals surface area contributed by atoms with Gasteiger partial charge in [0.05, 0.1) is 46.1 Å². The van der Waals surface area contributed by atoms with Crippen LogP contribution in [0.15, 0.2) is 17.3 Å². The third kappa shape index (κ3) is 3.17. The molecule has 2 N–H and O–H groups in total. The Morgan fingerprint density at radius 1 is 1.09 bits per heavy atom. The Labute approximate surface area is 199 Å². The summed E-state index contributed by atoms with van der Waals surface area (Å²) in [6.07, 6.45) is 7.16. The van der Waals surface area contributed by atoms with Gasteiger partial charge in [-0.3, -0.25) is 4.21 Å². The number of fused-ring (bicyclic) bond motifs is 4. The quantitative estimate of drug-likeness (QED) is 0.652. The van der Waals surface area contributed by atoms with Crippen LogP contribution in [0.25, 0.3) is 0 Å². The lowest BCUT2D eigenvalue weighted by Crippen LogP contribution is -2.48. The number of nitrogens with zero attached hydrogens (tertiary/aromatic N) is 6. The number of halogens is 1. The first-order chi connectivity index (χ1) is 16.0. The summed E-state index contributed by atoms with van der Waals surface area (Å²) in [4.78, 5) is 23.9. The summed E-state index contributed by atoms with van der Waals surface area (Å²) in [5.41, 5.74) is 0.628. The zero-order valence-corrected chi connectivity index (χ0v) is 19.7. The molecule has 5 aliphatic rings. The number of aliphatic hydroxyl groups excluding tert-OH is 1. The van der Waals surface area contributed by atoms with Crippen LogP contribution in [0.2, 0.25) is 5.02 Å². The molecule has 0 spiro atoms. The highest BCUT2D eigenvalue weighted by Crippen LogP contribution is 2.56. The Bertz CT molecular complexity index is 1120. The van der Waals surface area contributed by atoms with Crippen LogP contribution in [0.4, 0.5) is 17.7 Å². The van der Waals surface area contributed by atoms with Gasteiger partial charge in [0.15, 0.2) is 0 Å². The first-order valence-corrected chi connectivity index (χ1v) is 13.3. The topological polar surface area (TPSA) is 107 Å². The maximum absolute atomic E-state index is 13.0. The Balaban J connectivity index is 1.14. The van der Waals surface area contributed by atoms with Crippen molar-refractivity contribution >= 4 is 40.1 Å². The molecule has 7 rings (SSSR count). The molecule has 9 nitrogen and oxygen atoms in total. The van der Waals surface area contributed by atoms with Gasteiger partial charge in [0, 0.05) is 49.2 Å². The van der Waals surface area contributed by atoms with E-state index < -0.39 is 10.8 Å². The summed E-state index contributed by atoms with van der Waals surface area (Å²) >= 11 is 5.94. The van der Waals surface area contributed by atoms with Crippen LogP contribution in [0.3, 0.4) is 0 Å². The molecule has 174 valence electrons. The van der Waals surface area contributed by atoms with Gasteiger partial charge in [-0.15, -0.1) is 0 Å². The van der Waals surface area contributed by atoms with Crippen molar-refractivity contribution in [3.05, 3.63) is 23.1 Å². The fourth-order valence-corrected chi connectivity index (χ4v) is 7.84. The van der Waals surface area contributed by atoms with Crippen molar-refractivity contribution in [2.24, 2.45) is 11.8 Å². The number of hydrogen-bond donors (Lipinski definition) is 2. The fourth-order valence-electron chi connectivity index (χ4n) is 5.94. The normalized spacial score (nSPS) is 32.8. The van der Waals surface area contributed by atoms with E-state index in [2.05, 4.69) is 25.1 Å². The van der Waals surface area contributed by atoms with Crippen LogP contribution in [0, 0.1) is 11.8 Å². The van der Waals surface area contributed by atoms with Crippen LogP contribution in [0.1, 0.15) is 37.3 Å². The SMILES string of the molecule is O=S1c2c(NC3(CO)CCC3)nc(N3CC4CN(c5ncc(Cl)cn5)CC4C3)nc2C2CC21. The number of anilines is 3. The van der Waals surface area contributed by atoms with E-state index in [9.17, 15) is 9.32 Å². The van der Waals surface area contributed by atoms with Gasteiger partial charge >= 0.3 is 0 Å². The van der Waals surface area contributed by atoms with E-state index in [4.69, 9.17) is 21.6 Å². The Morgan fingerprint density at radius 3 is 2.36 bits per heavy atom. The first-order valence-electron chi connectivity index (χ1n) is 11.7. The molecule has 4 fully saturated rings. The molecule has 5 heterocycles. The number of hydrogen-bond acceptors (Lipinski definition) is 9. The van der Waals surface area contributed by atoms with Gasteiger partial charge in [0.25, 0.3) is 0 Å². The summed E-state index contributed by atoms with van der Waals surface area (Å²) in [6, 6.07) is 0. The smallest absolute Gasteiger partial charge is 0.227 e. The molecule has 0 bridgehead atoms. The van der Waals surface area contributed by atoms with E-state index in [1.54, 1.807) is 12.4 Å². The minimum absolute atomic E-state index is 0.0665. The van der Waals surface area contributed by atoms with Crippen molar-refractivity contribution in [1.82, 2.24) is 19.9 Å². The molecule has 0 amide bonds. The lowest BCUT2D eigenvalue weighted by atomic mass is 9.77. The summed E-state index contributed by atoms with van der Waals surface area (Å²) < 4.78 is 13.0. The summed E-state index contributed by atoms with van der Waals surface area (Å²) in [5, 5.41) is 14.2. The second kappa shape index (κ2) is 7.23. The molecule has 3 aliphatic heterocycles. The van der Waals surface area contributed by atoms with E-state index in [1.807, 2.05) is 0 Å². The summed E-state index contributed by atoms with van der Waals surface area (Å²) in [6.45, 7) is 3.64. The van der Waals surface area contributed by atoms with Gasteiger partial charge in [0.1, 0.15) is 10.7 Å². The zero-order valence-electron chi connectivity index (χ0n) is 18.2. The lowest BCUT2D eigenvalue weighted by Gasteiger charge is -2.41. The van der Waals surface area contributed by atoms with Crippen molar-refractivity contribution in [3.63, 3.8) is 0 Å². The molecule has 2 aromatic rings. The minimum Gasteiger partial charge on any atom is -0.394 e. The predicted octanol–water partition coefficient (Wildman–Crippen LogP) is 1.80. The van der Waals surface area contributed by atoms with Gasteiger partial charge in [-0.05, 0) is 25.7 Å². The number of nitrogens with one attached hydrogen (secondary N) is 1. The Hall–Kier alpha value is -2.04. The Kier molecular flexibility index (Phi) is 4.46. The maximum atomic E-state index is 13.0. The molecule has 5 unspecified atom stereocenters. The first kappa shape index (κ1) is 20.3. The molecule has 2 aliphatic carbocycles. The molecule has 2 saturated heterocycles. The van der Waals surface area contributed by atoms with Crippen molar-refractivity contribution in [2.75, 3.05) is 47.9 Å². The van der Waals surface area contributed by atoms with E-state index in [1.165, 1.54) is 0 Å². The second-order valence-electron chi connectivity index (χ2n) is 10.2. The third-order valence-corrected chi connectivity index (χ3v) is 10.2. The molecular weight excluding hydrogens is 462 g/mol. The number of aromatic nitrogens is 4. The molecule has 0 aromatic carbocycles. The van der Waals surface area contributed by atoms with E-state index in [0.29, 0.717) is 28.6 Å². The summed E-state index contributed by atoms with van der Waals surface area (Å²) in [5.74, 6) is 3.44. The fraction of sp³-hybridized carbons (Fsp3) is 0.636. The van der Waals surface area contributed by atoms with E-state index >= 15 is 0 Å². The highest BCUT2D eigenvalue weighted by Gasteiger charge is 2.55. The van der Waals surface area contributed by atoms with Gasteiger partial charge in [-0.2, -0.15) is 4.98 Å². The monoisotopic (exact) mass is 487 g/mol. The van der Waals surface area contributed by atoms with Crippen molar-refractivity contribution in [3.8, 4) is 0 Å². The minimum atomic E-state index is -1.05. The lowest BCUT2D eigenvalue weighted by molar-refractivity contribution is 0.143. The second-order valence-corrected chi connectivity index (χ2v) is 12.3.